The molecule has 0 saturated carbocycles. The minimum atomic E-state index is -0.704. The number of aliphatic hydroxyl groups is 1. The molecule has 6 heteroatoms. The highest BCUT2D eigenvalue weighted by molar-refractivity contribution is 7.19. The molecule has 0 aromatic carbocycles. The van der Waals surface area contributed by atoms with Crippen LogP contribution in [-0.2, 0) is 0 Å². The van der Waals surface area contributed by atoms with Gasteiger partial charge in [-0.15, -0.1) is 0 Å². The van der Waals surface area contributed by atoms with Crippen molar-refractivity contribution in [2.24, 2.45) is 0 Å². The van der Waals surface area contributed by atoms with Crippen LogP contribution in [0.3, 0.4) is 0 Å². The highest BCUT2D eigenvalue weighted by atomic mass is 32.1. The molecule has 0 aliphatic carbocycles. The highest BCUT2D eigenvalue weighted by Crippen LogP contribution is 2.35. The first kappa shape index (κ1) is 9.94. The quantitative estimate of drug-likeness (QED) is 0.576. The van der Waals surface area contributed by atoms with E-state index >= 15 is 0 Å². The molecule has 1 atom stereocenters. The molecule has 13 heavy (non-hydrogen) atoms. The summed E-state index contributed by atoms with van der Waals surface area (Å²) in [6.45, 7) is 1.79. The molecule has 1 rings (SSSR count). The van der Waals surface area contributed by atoms with Gasteiger partial charge in [-0.25, -0.2) is 0 Å². The Balaban J connectivity index is 3.02. The van der Waals surface area contributed by atoms with Gasteiger partial charge < -0.3 is 10.8 Å². The van der Waals surface area contributed by atoms with Crippen LogP contribution in [0.1, 0.15) is 25.0 Å². The van der Waals surface area contributed by atoms with Crippen molar-refractivity contribution in [3.05, 3.63) is 21.7 Å². The number of nitro groups is 1. The zero-order valence-electron chi connectivity index (χ0n) is 7.06. The van der Waals surface area contributed by atoms with Gasteiger partial charge in [0.25, 0.3) is 0 Å². The minimum Gasteiger partial charge on any atom is -0.390 e. The van der Waals surface area contributed by atoms with Crippen molar-refractivity contribution < 1.29 is 10.0 Å². The maximum absolute atomic E-state index is 10.4. The molecule has 0 radical (unpaired) electrons. The van der Waals surface area contributed by atoms with Crippen LogP contribution < -0.4 is 5.73 Å². The number of aliphatic hydroxyl groups excluding tert-OH is 1. The van der Waals surface area contributed by atoms with E-state index in [0.29, 0.717) is 17.0 Å². The van der Waals surface area contributed by atoms with Crippen molar-refractivity contribution in [3.63, 3.8) is 0 Å². The number of hydrogen-bond donors (Lipinski definition) is 2. The maximum Gasteiger partial charge on any atom is 0.326 e. The first-order valence-corrected chi connectivity index (χ1v) is 4.59. The van der Waals surface area contributed by atoms with Gasteiger partial charge in [-0.05, 0) is 17.8 Å². The summed E-state index contributed by atoms with van der Waals surface area (Å²) >= 11 is 0.885. The molecule has 72 valence electrons. The molecule has 0 spiro atoms. The Bertz CT molecular complexity index is 324. The predicted octanol–water partition coefficient (Wildman–Crippen LogP) is 1.68. The van der Waals surface area contributed by atoms with Crippen molar-refractivity contribution in [1.29, 1.82) is 0 Å². The van der Waals surface area contributed by atoms with Gasteiger partial charge in [0.15, 0.2) is 0 Å². The molecule has 0 aliphatic rings. The van der Waals surface area contributed by atoms with Crippen LogP contribution in [0, 0.1) is 10.1 Å². The summed E-state index contributed by atoms with van der Waals surface area (Å²) in [5.41, 5.74) is 5.97. The van der Waals surface area contributed by atoms with E-state index in [1.54, 1.807) is 6.92 Å². The molecule has 0 amide bonds. The lowest BCUT2D eigenvalue weighted by atomic mass is 10.1. The normalized spacial score (nSPS) is 12.8. The lowest BCUT2D eigenvalue weighted by Gasteiger charge is -2.04. The van der Waals surface area contributed by atoms with Crippen molar-refractivity contribution in [2.75, 3.05) is 5.73 Å². The highest BCUT2D eigenvalue weighted by Gasteiger charge is 2.18. The fraction of sp³-hybridized carbons (Fsp3) is 0.429. The van der Waals surface area contributed by atoms with E-state index in [2.05, 4.69) is 0 Å². The molecule has 1 aromatic rings. The first-order chi connectivity index (χ1) is 6.06. The summed E-state index contributed by atoms with van der Waals surface area (Å²) in [6.07, 6.45) is -0.206. The summed E-state index contributed by atoms with van der Waals surface area (Å²) in [7, 11) is 0. The lowest BCUT2D eigenvalue weighted by Crippen LogP contribution is -1.96. The number of nitrogens with two attached hydrogens (primary N) is 1. The molecular weight excluding hydrogens is 192 g/mol. The van der Waals surface area contributed by atoms with Gasteiger partial charge in [-0.2, -0.15) is 0 Å². The van der Waals surface area contributed by atoms with Crippen molar-refractivity contribution >= 4 is 21.3 Å². The third-order valence-electron chi connectivity index (χ3n) is 1.70. The third kappa shape index (κ3) is 1.96. The second-order valence-corrected chi connectivity index (χ2v) is 3.65. The zero-order valence-corrected chi connectivity index (χ0v) is 7.87. The van der Waals surface area contributed by atoms with E-state index < -0.39 is 11.0 Å². The Morgan fingerprint density at radius 2 is 2.46 bits per heavy atom. The fourth-order valence-corrected chi connectivity index (χ4v) is 1.77. The van der Waals surface area contributed by atoms with Crippen LogP contribution in [0.5, 0.6) is 0 Å². The van der Waals surface area contributed by atoms with Crippen LogP contribution in [0.4, 0.5) is 10.0 Å². The molecule has 1 heterocycles. The van der Waals surface area contributed by atoms with Crippen LogP contribution in [-0.4, -0.2) is 10.0 Å². The van der Waals surface area contributed by atoms with E-state index in [-0.39, 0.29) is 5.00 Å². The van der Waals surface area contributed by atoms with Gasteiger partial charge >= 0.3 is 5.00 Å². The van der Waals surface area contributed by atoms with E-state index in [9.17, 15) is 15.2 Å². The number of rotatable bonds is 3. The Labute approximate surface area is 79.0 Å². The van der Waals surface area contributed by atoms with Crippen molar-refractivity contribution in [3.8, 4) is 0 Å². The van der Waals surface area contributed by atoms with Gasteiger partial charge in [-0.1, -0.05) is 6.92 Å². The molecule has 5 nitrogen and oxygen atoms in total. The van der Waals surface area contributed by atoms with Crippen LogP contribution in [0.15, 0.2) is 6.07 Å². The number of thiophene rings is 1. The molecule has 3 N–H and O–H groups in total. The van der Waals surface area contributed by atoms with Gasteiger partial charge in [0.2, 0.25) is 0 Å². The Hall–Kier alpha value is -1.14. The van der Waals surface area contributed by atoms with E-state index in [1.807, 2.05) is 0 Å². The SMILES string of the molecule is CCC(O)c1cc([N+](=O)[O-])sc1N. The Kier molecular flexibility index (Phi) is 2.84. The molecule has 0 fully saturated rings. The Morgan fingerprint density at radius 1 is 1.85 bits per heavy atom. The summed E-state index contributed by atoms with van der Waals surface area (Å²) < 4.78 is 0. The van der Waals surface area contributed by atoms with Crippen molar-refractivity contribution in [1.82, 2.24) is 0 Å². The first-order valence-electron chi connectivity index (χ1n) is 3.78. The topological polar surface area (TPSA) is 89.4 Å². The van der Waals surface area contributed by atoms with Crippen LogP contribution >= 0.6 is 11.3 Å². The zero-order chi connectivity index (χ0) is 10.0. The molecule has 1 aromatic heterocycles. The second kappa shape index (κ2) is 3.71. The molecule has 1 unspecified atom stereocenters. The lowest BCUT2D eigenvalue weighted by molar-refractivity contribution is -0.380. The smallest absolute Gasteiger partial charge is 0.326 e. The van der Waals surface area contributed by atoms with E-state index in [1.165, 1.54) is 6.07 Å². The number of hydrogen-bond acceptors (Lipinski definition) is 5. The van der Waals surface area contributed by atoms with E-state index in [4.69, 9.17) is 5.73 Å². The van der Waals surface area contributed by atoms with Gasteiger partial charge in [-0.3, -0.25) is 10.1 Å². The maximum atomic E-state index is 10.4. The van der Waals surface area contributed by atoms with Gasteiger partial charge in [0.05, 0.1) is 16.0 Å². The predicted molar refractivity (Wildman–Crippen MR) is 50.6 cm³/mol. The average Bonchev–Trinajstić information content (AvgIpc) is 2.46. The van der Waals surface area contributed by atoms with E-state index in [0.717, 1.165) is 11.3 Å². The third-order valence-corrected chi connectivity index (χ3v) is 2.64. The molecule has 0 aliphatic heterocycles. The number of nitrogens with zero attached hydrogens (tertiary/aromatic N) is 1. The molecule has 0 saturated heterocycles. The second-order valence-electron chi connectivity index (χ2n) is 2.59. The van der Waals surface area contributed by atoms with Crippen LogP contribution in [0.25, 0.3) is 0 Å². The Morgan fingerprint density at radius 3 is 2.85 bits per heavy atom. The molecular formula is C7H10N2O3S. The van der Waals surface area contributed by atoms with Gasteiger partial charge in [0, 0.05) is 11.6 Å². The summed E-state index contributed by atoms with van der Waals surface area (Å²) in [5, 5.41) is 20.1. The molecule has 0 bridgehead atoms. The monoisotopic (exact) mass is 202 g/mol. The summed E-state index contributed by atoms with van der Waals surface area (Å²) in [6, 6.07) is 1.33. The summed E-state index contributed by atoms with van der Waals surface area (Å²) in [4.78, 5) is 9.85. The fourth-order valence-electron chi connectivity index (χ4n) is 0.975. The van der Waals surface area contributed by atoms with Crippen LogP contribution in [0.2, 0.25) is 0 Å². The number of anilines is 1. The largest absolute Gasteiger partial charge is 0.390 e. The van der Waals surface area contributed by atoms with Gasteiger partial charge in [0.1, 0.15) is 0 Å². The minimum absolute atomic E-state index is 0.0278. The van der Waals surface area contributed by atoms with Crippen molar-refractivity contribution in [2.45, 2.75) is 19.4 Å². The number of nitrogen functional groups attached to an aromatic ring is 1. The summed E-state index contributed by atoms with van der Waals surface area (Å²) in [5.74, 6) is 0. The average molecular weight is 202 g/mol. The standard InChI is InChI=1S/C7H10N2O3S/c1-2-5(10)4-3-6(9(11)12)13-7(4)8/h3,5,10H,2,8H2,1H3.